The molecule has 5 nitrogen and oxygen atoms in total. The lowest BCUT2D eigenvalue weighted by molar-refractivity contribution is -0.116. The Kier molecular flexibility index (Phi) is 6.31. The number of ether oxygens (including phenoxy) is 2. The summed E-state index contributed by atoms with van der Waals surface area (Å²) >= 11 is 4.38. The van der Waals surface area contributed by atoms with Crippen LogP contribution in [0.3, 0.4) is 0 Å². The molecule has 0 saturated carbocycles. The Balaban J connectivity index is 2.41. The molecule has 6 heteroatoms. The zero-order valence-corrected chi connectivity index (χ0v) is 15.4. The van der Waals surface area contributed by atoms with Gasteiger partial charge in [0.05, 0.1) is 25.0 Å². The zero-order valence-electron chi connectivity index (χ0n) is 14.5. The monoisotopic (exact) mass is 349 g/mol. The predicted molar refractivity (Wildman–Crippen MR) is 96.6 cm³/mol. The highest BCUT2D eigenvalue weighted by molar-refractivity contribution is 7.80. The second kappa shape index (κ2) is 8.24. The molecule has 1 aliphatic rings. The van der Waals surface area contributed by atoms with Gasteiger partial charge >= 0.3 is 0 Å². The molecule has 0 amide bonds. The number of allylic oxidation sites excluding steroid dienone is 2. The third-order valence-electron chi connectivity index (χ3n) is 3.89. The molecule has 0 fully saturated rings. The summed E-state index contributed by atoms with van der Waals surface area (Å²) in [5.74, 6) is 1.18. The fourth-order valence-electron chi connectivity index (χ4n) is 2.95. The minimum atomic E-state index is -0.200. The molecule has 1 aromatic carbocycles. The average Bonchev–Trinajstić information content (AvgIpc) is 2.83. The molecule has 2 rings (SSSR count). The number of thiol groups is 1. The van der Waals surface area contributed by atoms with E-state index in [0.29, 0.717) is 36.5 Å². The van der Waals surface area contributed by atoms with E-state index in [-0.39, 0.29) is 11.7 Å². The molecule has 0 bridgehead atoms. The Hall–Kier alpha value is -1.95. The maximum absolute atomic E-state index is 13.0. The first-order chi connectivity index (χ1) is 11.5. The fourth-order valence-corrected chi connectivity index (χ4v) is 3.16. The van der Waals surface area contributed by atoms with Crippen LogP contribution in [0.5, 0.6) is 5.75 Å². The lowest BCUT2D eigenvalue weighted by Gasteiger charge is -2.12. The van der Waals surface area contributed by atoms with Crippen molar-refractivity contribution in [1.29, 1.82) is 0 Å². The van der Waals surface area contributed by atoms with Crippen LogP contribution in [0.15, 0.2) is 34.0 Å². The highest BCUT2D eigenvalue weighted by atomic mass is 32.1. The standard InChI is InChI=1S/C18H23NO4S/c1-5-23-16-9-12(8-11(2)19-22-4)18(20)17(16)14-10-13(24)6-7-15(14)21-3/h6-7,10,12,24H,5,8-9H2,1-4H3. The van der Waals surface area contributed by atoms with Crippen LogP contribution in [0.25, 0.3) is 5.57 Å². The highest BCUT2D eigenvalue weighted by Crippen LogP contribution is 2.41. The molecule has 1 aliphatic carbocycles. The molecule has 1 unspecified atom stereocenters. The first-order valence-corrected chi connectivity index (χ1v) is 8.30. The summed E-state index contributed by atoms with van der Waals surface area (Å²) in [6, 6.07) is 5.48. The Bertz CT molecular complexity index is 682. The van der Waals surface area contributed by atoms with Crippen molar-refractivity contribution in [2.75, 3.05) is 20.8 Å². The van der Waals surface area contributed by atoms with Crippen LogP contribution >= 0.6 is 12.6 Å². The second-order valence-electron chi connectivity index (χ2n) is 5.59. The van der Waals surface area contributed by atoms with Crippen LogP contribution in [0.1, 0.15) is 32.3 Å². The fraction of sp³-hybridized carbons (Fsp3) is 0.444. The molecule has 0 spiro atoms. The quantitative estimate of drug-likeness (QED) is 0.463. The summed E-state index contributed by atoms with van der Waals surface area (Å²) < 4.78 is 11.2. The van der Waals surface area contributed by atoms with Crippen molar-refractivity contribution in [3.05, 3.63) is 29.5 Å². The van der Waals surface area contributed by atoms with Crippen molar-refractivity contribution >= 4 is 29.7 Å². The predicted octanol–water partition coefficient (Wildman–Crippen LogP) is 3.73. The van der Waals surface area contributed by atoms with Gasteiger partial charge in [-0.25, -0.2) is 0 Å². The normalized spacial score (nSPS) is 18.1. The summed E-state index contributed by atoms with van der Waals surface area (Å²) in [4.78, 5) is 18.6. The van der Waals surface area contributed by atoms with Crippen molar-refractivity contribution < 1.29 is 19.1 Å². The maximum atomic E-state index is 13.0. The molecule has 0 radical (unpaired) electrons. The van der Waals surface area contributed by atoms with Gasteiger partial charge in [0.15, 0.2) is 5.78 Å². The highest BCUT2D eigenvalue weighted by Gasteiger charge is 2.36. The number of oxime groups is 1. The summed E-state index contributed by atoms with van der Waals surface area (Å²) in [5.41, 5.74) is 2.09. The van der Waals surface area contributed by atoms with Crippen LogP contribution in [0.2, 0.25) is 0 Å². The minimum absolute atomic E-state index is 0.0429. The molecule has 1 aromatic rings. The first-order valence-electron chi connectivity index (χ1n) is 7.85. The van der Waals surface area contributed by atoms with Crippen molar-refractivity contribution in [2.45, 2.75) is 31.6 Å². The van der Waals surface area contributed by atoms with E-state index >= 15 is 0 Å². The second-order valence-corrected chi connectivity index (χ2v) is 6.11. The number of rotatable bonds is 7. The average molecular weight is 349 g/mol. The molecule has 0 saturated heterocycles. The van der Waals surface area contributed by atoms with E-state index in [9.17, 15) is 4.79 Å². The van der Waals surface area contributed by atoms with Gasteiger partial charge in [0.1, 0.15) is 18.6 Å². The first kappa shape index (κ1) is 18.4. The van der Waals surface area contributed by atoms with Gasteiger partial charge in [0.2, 0.25) is 0 Å². The van der Waals surface area contributed by atoms with E-state index in [1.807, 2.05) is 32.0 Å². The Morgan fingerprint density at radius 1 is 1.38 bits per heavy atom. The van der Waals surface area contributed by atoms with Gasteiger partial charge in [-0.1, -0.05) is 5.16 Å². The van der Waals surface area contributed by atoms with E-state index in [1.165, 1.54) is 7.11 Å². The van der Waals surface area contributed by atoms with Crippen LogP contribution in [-0.2, 0) is 14.4 Å². The van der Waals surface area contributed by atoms with Crippen LogP contribution < -0.4 is 4.74 Å². The molecule has 0 aromatic heterocycles. The van der Waals surface area contributed by atoms with Gasteiger partial charge < -0.3 is 14.3 Å². The SMILES string of the molecule is CCOC1=C(c2cc(S)ccc2OC)C(=O)C(CC(C)=NOC)C1. The summed E-state index contributed by atoms with van der Waals surface area (Å²) in [6.45, 7) is 4.27. The van der Waals surface area contributed by atoms with Crippen molar-refractivity contribution in [2.24, 2.45) is 11.1 Å². The van der Waals surface area contributed by atoms with Gasteiger partial charge in [-0.15, -0.1) is 12.6 Å². The van der Waals surface area contributed by atoms with E-state index in [2.05, 4.69) is 17.8 Å². The third kappa shape index (κ3) is 3.93. The van der Waals surface area contributed by atoms with Crippen molar-refractivity contribution in [1.82, 2.24) is 0 Å². The minimum Gasteiger partial charge on any atom is -0.497 e. The molecular weight excluding hydrogens is 326 g/mol. The lowest BCUT2D eigenvalue weighted by Crippen LogP contribution is -2.14. The Morgan fingerprint density at radius 2 is 2.12 bits per heavy atom. The topological polar surface area (TPSA) is 57.1 Å². The summed E-state index contributed by atoms with van der Waals surface area (Å²) in [6.07, 6.45) is 1.09. The smallest absolute Gasteiger partial charge is 0.170 e. The zero-order chi connectivity index (χ0) is 17.7. The van der Waals surface area contributed by atoms with E-state index in [4.69, 9.17) is 14.3 Å². The van der Waals surface area contributed by atoms with Crippen LogP contribution in [0, 0.1) is 5.92 Å². The molecular formula is C18H23NO4S. The summed E-state index contributed by atoms with van der Waals surface area (Å²) in [5, 5.41) is 3.91. The van der Waals surface area contributed by atoms with Gasteiger partial charge in [-0.05, 0) is 38.5 Å². The van der Waals surface area contributed by atoms with E-state index in [0.717, 1.165) is 16.2 Å². The third-order valence-corrected chi connectivity index (χ3v) is 4.17. The van der Waals surface area contributed by atoms with Crippen LogP contribution in [-0.4, -0.2) is 32.3 Å². The number of hydrogen-bond acceptors (Lipinski definition) is 6. The van der Waals surface area contributed by atoms with Gasteiger partial charge in [-0.3, -0.25) is 4.79 Å². The number of carbonyl (C=O) groups is 1. The number of nitrogens with zero attached hydrogens (tertiary/aromatic N) is 1. The van der Waals surface area contributed by atoms with Crippen LogP contribution in [0.4, 0.5) is 0 Å². The van der Waals surface area contributed by atoms with Gasteiger partial charge in [-0.2, -0.15) is 0 Å². The summed E-state index contributed by atoms with van der Waals surface area (Å²) in [7, 11) is 3.09. The lowest BCUT2D eigenvalue weighted by atomic mass is 9.94. The van der Waals surface area contributed by atoms with Gasteiger partial charge in [0, 0.05) is 22.8 Å². The Morgan fingerprint density at radius 3 is 2.75 bits per heavy atom. The number of ketones is 1. The molecule has 0 heterocycles. The number of Topliss-reactive ketones (excluding diaryl/α,β-unsaturated/α-hetero) is 1. The molecule has 1 atom stereocenters. The van der Waals surface area contributed by atoms with E-state index < -0.39 is 0 Å². The molecule has 0 aliphatic heterocycles. The number of benzene rings is 1. The Labute approximate surface area is 148 Å². The molecule has 24 heavy (non-hydrogen) atoms. The largest absolute Gasteiger partial charge is 0.497 e. The number of methoxy groups -OCH3 is 1. The van der Waals surface area contributed by atoms with Gasteiger partial charge in [0.25, 0.3) is 0 Å². The van der Waals surface area contributed by atoms with Crippen molar-refractivity contribution in [3.63, 3.8) is 0 Å². The number of hydrogen-bond donors (Lipinski definition) is 1. The van der Waals surface area contributed by atoms with E-state index in [1.54, 1.807) is 7.11 Å². The molecule has 0 N–H and O–H groups in total. The van der Waals surface area contributed by atoms with Crippen molar-refractivity contribution in [3.8, 4) is 5.75 Å². The molecule has 130 valence electrons. The maximum Gasteiger partial charge on any atom is 0.170 e. The number of carbonyl (C=O) groups excluding carboxylic acids is 1.